The van der Waals surface area contributed by atoms with Gasteiger partial charge in [-0.15, -0.1) is 0 Å². The Morgan fingerprint density at radius 3 is 2.30 bits per heavy atom. The van der Waals surface area contributed by atoms with Crippen LogP contribution in [0.1, 0.15) is 40.0 Å². The molecule has 1 rings (SSSR count). The topological polar surface area (TPSA) is 26.0 Å². The van der Waals surface area contributed by atoms with Crippen LogP contribution in [0.2, 0.25) is 0 Å². The van der Waals surface area contributed by atoms with Crippen LogP contribution in [0.15, 0.2) is 0 Å². The fourth-order valence-electron chi connectivity index (χ4n) is 1.33. The second kappa shape index (κ2) is 2.54. The standard InChI is InChI=1S/C9H19N/c1-4-9(2,3)8(10)7-5-6-7/h7-8H,4-6,10H2,1-3H3. The maximum absolute atomic E-state index is 6.07. The maximum atomic E-state index is 6.07. The summed E-state index contributed by atoms with van der Waals surface area (Å²) in [6, 6.07) is 0.442. The zero-order chi connectivity index (χ0) is 7.78. The molecular formula is C9H19N. The minimum Gasteiger partial charge on any atom is -0.327 e. The minimum absolute atomic E-state index is 0.362. The van der Waals surface area contributed by atoms with Crippen molar-refractivity contribution in [2.75, 3.05) is 0 Å². The first-order valence-electron chi connectivity index (χ1n) is 4.33. The van der Waals surface area contributed by atoms with Gasteiger partial charge >= 0.3 is 0 Å². The Hall–Kier alpha value is -0.0400. The molecule has 1 nitrogen and oxygen atoms in total. The van der Waals surface area contributed by atoms with Crippen LogP contribution in [-0.2, 0) is 0 Å². The van der Waals surface area contributed by atoms with Crippen molar-refractivity contribution in [3.63, 3.8) is 0 Å². The maximum Gasteiger partial charge on any atom is 0.0119 e. The van der Waals surface area contributed by atoms with E-state index in [4.69, 9.17) is 5.73 Å². The summed E-state index contributed by atoms with van der Waals surface area (Å²) in [5.74, 6) is 0.843. The Kier molecular flexibility index (Phi) is 2.04. The van der Waals surface area contributed by atoms with Crippen LogP contribution in [0.5, 0.6) is 0 Å². The molecule has 0 spiro atoms. The Labute approximate surface area is 64.0 Å². The number of hydrogen-bond acceptors (Lipinski definition) is 1. The van der Waals surface area contributed by atoms with Gasteiger partial charge in [-0.1, -0.05) is 20.8 Å². The van der Waals surface area contributed by atoms with E-state index in [0.717, 1.165) is 5.92 Å². The van der Waals surface area contributed by atoms with Gasteiger partial charge in [-0.2, -0.15) is 0 Å². The molecule has 0 aromatic heterocycles. The van der Waals surface area contributed by atoms with Crippen molar-refractivity contribution in [2.45, 2.75) is 46.1 Å². The van der Waals surface area contributed by atoms with Crippen molar-refractivity contribution < 1.29 is 0 Å². The fraction of sp³-hybridized carbons (Fsp3) is 1.00. The van der Waals surface area contributed by atoms with Crippen LogP contribution in [0, 0.1) is 11.3 Å². The van der Waals surface area contributed by atoms with E-state index in [9.17, 15) is 0 Å². The van der Waals surface area contributed by atoms with Crippen molar-refractivity contribution >= 4 is 0 Å². The van der Waals surface area contributed by atoms with E-state index < -0.39 is 0 Å². The van der Waals surface area contributed by atoms with E-state index in [1.807, 2.05) is 0 Å². The second-order valence-electron chi connectivity index (χ2n) is 4.21. The summed E-state index contributed by atoms with van der Waals surface area (Å²) in [7, 11) is 0. The molecule has 1 aliphatic rings. The van der Waals surface area contributed by atoms with Crippen molar-refractivity contribution in [1.29, 1.82) is 0 Å². The summed E-state index contributed by atoms with van der Waals surface area (Å²) in [6.45, 7) is 6.77. The predicted octanol–water partition coefficient (Wildman–Crippen LogP) is 2.16. The highest BCUT2D eigenvalue weighted by Crippen LogP contribution is 2.40. The van der Waals surface area contributed by atoms with E-state index in [0.29, 0.717) is 11.5 Å². The van der Waals surface area contributed by atoms with Crippen LogP contribution in [0.3, 0.4) is 0 Å². The average Bonchev–Trinajstić information content (AvgIpc) is 2.68. The molecule has 0 amide bonds. The molecule has 1 unspecified atom stereocenters. The average molecular weight is 141 g/mol. The van der Waals surface area contributed by atoms with Gasteiger partial charge in [0.2, 0.25) is 0 Å². The van der Waals surface area contributed by atoms with Gasteiger partial charge in [0, 0.05) is 6.04 Å². The zero-order valence-electron chi connectivity index (χ0n) is 7.35. The van der Waals surface area contributed by atoms with Gasteiger partial charge in [0.1, 0.15) is 0 Å². The third-order valence-electron chi connectivity index (χ3n) is 2.94. The van der Waals surface area contributed by atoms with Gasteiger partial charge in [0.15, 0.2) is 0 Å². The van der Waals surface area contributed by atoms with E-state index in [-0.39, 0.29) is 0 Å². The SMILES string of the molecule is CCC(C)(C)C(N)C1CC1. The molecule has 10 heavy (non-hydrogen) atoms. The van der Waals surface area contributed by atoms with Crippen LogP contribution < -0.4 is 5.73 Å². The molecule has 1 heteroatoms. The molecule has 1 atom stereocenters. The summed E-state index contributed by atoms with van der Waals surface area (Å²) in [6.07, 6.45) is 3.93. The van der Waals surface area contributed by atoms with E-state index >= 15 is 0 Å². The molecular weight excluding hydrogens is 122 g/mol. The van der Waals surface area contributed by atoms with Crippen molar-refractivity contribution in [2.24, 2.45) is 17.1 Å². The van der Waals surface area contributed by atoms with Gasteiger partial charge in [0.05, 0.1) is 0 Å². The highest BCUT2D eigenvalue weighted by Gasteiger charge is 2.37. The zero-order valence-corrected chi connectivity index (χ0v) is 7.35. The summed E-state index contributed by atoms with van der Waals surface area (Å²) in [5, 5.41) is 0. The lowest BCUT2D eigenvalue weighted by molar-refractivity contribution is 0.251. The summed E-state index contributed by atoms with van der Waals surface area (Å²) >= 11 is 0. The lowest BCUT2D eigenvalue weighted by Gasteiger charge is -2.30. The summed E-state index contributed by atoms with van der Waals surface area (Å²) in [5.41, 5.74) is 6.43. The molecule has 0 heterocycles. The molecule has 0 radical (unpaired) electrons. The molecule has 60 valence electrons. The van der Waals surface area contributed by atoms with Gasteiger partial charge in [-0.25, -0.2) is 0 Å². The molecule has 0 bridgehead atoms. The summed E-state index contributed by atoms with van der Waals surface area (Å²) in [4.78, 5) is 0. The fourth-order valence-corrected chi connectivity index (χ4v) is 1.33. The molecule has 0 aliphatic heterocycles. The van der Waals surface area contributed by atoms with E-state index in [2.05, 4.69) is 20.8 Å². The van der Waals surface area contributed by atoms with E-state index in [1.54, 1.807) is 0 Å². The van der Waals surface area contributed by atoms with Crippen LogP contribution in [-0.4, -0.2) is 6.04 Å². The van der Waals surface area contributed by atoms with Crippen LogP contribution >= 0.6 is 0 Å². The predicted molar refractivity (Wildman–Crippen MR) is 44.8 cm³/mol. The highest BCUT2D eigenvalue weighted by molar-refractivity contribution is 4.92. The lowest BCUT2D eigenvalue weighted by Crippen LogP contribution is -2.38. The minimum atomic E-state index is 0.362. The van der Waals surface area contributed by atoms with E-state index in [1.165, 1.54) is 19.3 Å². The molecule has 1 saturated carbocycles. The lowest BCUT2D eigenvalue weighted by atomic mass is 9.80. The van der Waals surface area contributed by atoms with Gasteiger partial charge in [-0.3, -0.25) is 0 Å². The Morgan fingerprint density at radius 2 is 2.00 bits per heavy atom. The van der Waals surface area contributed by atoms with Gasteiger partial charge < -0.3 is 5.73 Å². The van der Waals surface area contributed by atoms with Crippen molar-refractivity contribution in [3.05, 3.63) is 0 Å². The van der Waals surface area contributed by atoms with Crippen molar-refractivity contribution in [1.82, 2.24) is 0 Å². The highest BCUT2D eigenvalue weighted by atomic mass is 14.7. The number of rotatable bonds is 3. The molecule has 0 saturated heterocycles. The molecule has 1 fully saturated rings. The second-order valence-corrected chi connectivity index (χ2v) is 4.21. The van der Waals surface area contributed by atoms with Gasteiger partial charge in [-0.05, 0) is 30.6 Å². The quantitative estimate of drug-likeness (QED) is 0.640. The smallest absolute Gasteiger partial charge is 0.0119 e. The number of nitrogens with two attached hydrogens (primary N) is 1. The van der Waals surface area contributed by atoms with Crippen molar-refractivity contribution in [3.8, 4) is 0 Å². The third-order valence-corrected chi connectivity index (χ3v) is 2.94. The largest absolute Gasteiger partial charge is 0.327 e. The van der Waals surface area contributed by atoms with Gasteiger partial charge in [0.25, 0.3) is 0 Å². The Balaban J connectivity index is 2.43. The Morgan fingerprint density at radius 1 is 1.50 bits per heavy atom. The molecule has 2 N–H and O–H groups in total. The Bertz CT molecular complexity index is 114. The molecule has 0 aromatic carbocycles. The first-order valence-corrected chi connectivity index (χ1v) is 4.33. The molecule has 0 aromatic rings. The first-order chi connectivity index (χ1) is 4.58. The monoisotopic (exact) mass is 141 g/mol. The molecule has 1 aliphatic carbocycles. The number of hydrogen-bond donors (Lipinski definition) is 1. The normalized spacial score (nSPS) is 22.8. The van der Waals surface area contributed by atoms with Crippen LogP contribution in [0.25, 0.3) is 0 Å². The summed E-state index contributed by atoms with van der Waals surface area (Å²) < 4.78 is 0. The van der Waals surface area contributed by atoms with Crippen LogP contribution in [0.4, 0.5) is 0 Å². The first kappa shape index (κ1) is 8.06. The third kappa shape index (κ3) is 1.51.